The molecule has 1 amide bonds. The zero-order valence-corrected chi connectivity index (χ0v) is 11.5. The molecule has 20 heavy (non-hydrogen) atoms. The SMILES string of the molecule is NCC1(CC(=O)NCc2cccc3c2OCO3)CCC1. The van der Waals surface area contributed by atoms with E-state index in [4.69, 9.17) is 15.2 Å². The van der Waals surface area contributed by atoms with Gasteiger partial charge in [-0.1, -0.05) is 18.6 Å². The third kappa shape index (κ3) is 2.45. The van der Waals surface area contributed by atoms with Gasteiger partial charge in [-0.25, -0.2) is 0 Å². The maximum atomic E-state index is 12.0. The highest BCUT2D eigenvalue weighted by molar-refractivity contribution is 5.77. The largest absolute Gasteiger partial charge is 0.454 e. The van der Waals surface area contributed by atoms with Gasteiger partial charge in [0.15, 0.2) is 11.5 Å². The second kappa shape index (κ2) is 5.32. The number of carbonyl (C=O) groups excluding carboxylic acids is 1. The first-order valence-corrected chi connectivity index (χ1v) is 7.07. The third-order valence-electron chi connectivity index (χ3n) is 4.34. The molecule has 2 aliphatic rings. The number of benzene rings is 1. The van der Waals surface area contributed by atoms with Crippen molar-refractivity contribution in [1.29, 1.82) is 0 Å². The molecule has 108 valence electrons. The van der Waals surface area contributed by atoms with Crippen LogP contribution in [0.3, 0.4) is 0 Å². The highest BCUT2D eigenvalue weighted by Crippen LogP contribution is 2.42. The number of hydrogen-bond acceptors (Lipinski definition) is 4. The van der Waals surface area contributed by atoms with Crippen molar-refractivity contribution in [2.75, 3.05) is 13.3 Å². The lowest BCUT2D eigenvalue weighted by molar-refractivity contribution is -0.124. The lowest BCUT2D eigenvalue weighted by Gasteiger charge is -2.40. The van der Waals surface area contributed by atoms with Gasteiger partial charge in [-0.05, 0) is 30.9 Å². The molecule has 1 heterocycles. The lowest BCUT2D eigenvalue weighted by Crippen LogP contribution is -2.41. The van der Waals surface area contributed by atoms with Crippen LogP contribution in [-0.4, -0.2) is 19.2 Å². The number of nitrogens with two attached hydrogens (primary N) is 1. The minimum Gasteiger partial charge on any atom is -0.454 e. The molecule has 5 heteroatoms. The Bertz CT molecular complexity index is 506. The monoisotopic (exact) mass is 276 g/mol. The second-order valence-electron chi connectivity index (χ2n) is 5.66. The molecule has 0 radical (unpaired) electrons. The van der Waals surface area contributed by atoms with E-state index in [1.165, 1.54) is 6.42 Å². The first-order chi connectivity index (χ1) is 9.72. The predicted octanol–water partition coefficient (Wildman–Crippen LogP) is 1.55. The van der Waals surface area contributed by atoms with Crippen molar-refractivity contribution in [3.8, 4) is 11.5 Å². The molecule has 1 aromatic carbocycles. The summed E-state index contributed by atoms with van der Waals surface area (Å²) in [6, 6.07) is 5.71. The van der Waals surface area contributed by atoms with Crippen LogP contribution in [0.2, 0.25) is 0 Å². The number of para-hydroxylation sites is 1. The van der Waals surface area contributed by atoms with Crippen molar-refractivity contribution in [1.82, 2.24) is 5.32 Å². The van der Waals surface area contributed by atoms with E-state index in [2.05, 4.69) is 5.32 Å². The number of ether oxygens (including phenoxy) is 2. The average Bonchev–Trinajstić information content (AvgIpc) is 2.89. The van der Waals surface area contributed by atoms with Crippen LogP contribution in [0.15, 0.2) is 18.2 Å². The summed E-state index contributed by atoms with van der Waals surface area (Å²) >= 11 is 0. The van der Waals surface area contributed by atoms with Gasteiger partial charge < -0.3 is 20.5 Å². The number of hydrogen-bond donors (Lipinski definition) is 2. The van der Waals surface area contributed by atoms with Gasteiger partial charge in [0.25, 0.3) is 0 Å². The van der Waals surface area contributed by atoms with E-state index in [9.17, 15) is 4.79 Å². The van der Waals surface area contributed by atoms with Crippen LogP contribution < -0.4 is 20.5 Å². The first-order valence-electron chi connectivity index (χ1n) is 7.07. The molecule has 0 saturated heterocycles. The average molecular weight is 276 g/mol. The Morgan fingerprint density at radius 2 is 2.20 bits per heavy atom. The third-order valence-corrected chi connectivity index (χ3v) is 4.34. The summed E-state index contributed by atoms with van der Waals surface area (Å²) in [5, 5.41) is 2.96. The van der Waals surface area contributed by atoms with Crippen molar-refractivity contribution in [3.63, 3.8) is 0 Å². The van der Waals surface area contributed by atoms with Crippen LogP contribution >= 0.6 is 0 Å². The molecular weight excluding hydrogens is 256 g/mol. The van der Waals surface area contributed by atoms with E-state index < -0.39 is 0 Å². The smallest absolute Gasteiger partial charge is 0.231 e. The number of carbonyl (C=O) groups is 1. The zero-order chi connectivity index (χ0) is 14.0. The highest BCUT2D eigenvalue weighted by atomic mass is 16.7. The molecule has 0 spiro atoms. The van der Waals surface area contributed by atoms with E-state index in [-0.39, 0.29) is 18.1 Å². The van der Waals surface area contributed by atoms with E-state index in [1.807, 2.05) is 18.2 Å². The van der Waals surface area contributed by atoms with Gasteiger partial charge >= 0.3 is 0 Å². The summed E-state index contributed by atoms with van der Waals surface area (Å²) in [5.74, 6) is 1.55. The number of rotatable bonds is 5. The molecular formula is C15H20N2O3. The van der Waals surface area contributed by atoms with Gasteiger partial charge in [0.2, 0.25) is 12.7 Å². The fourth-order valence-electron chi connectivity index (χ4n) is 2.86. The molecule has 1 fully saturated rings. The lowest BCUT2D eigenvalue weighted by atomic mass is 9.66. The van der Waals surface area contributed by atoms with Crippen LogP contribution in [0.1, 0.15) is 31.2 Å². The normalized spacial score (nSPS) is 18.4. The van der Waals surface area contributed by atoms with Gasteiger partial charge in [0.1, 0.15) is 0 Å². The highest BCUT2D eigenvalue weighted by Gasteiger charge is 2.37. The van der Waals surface area contributed by atoms with E-state index in [1.54, 1.807) is 0 Å². The Balaban J connectivity index is 1.57. The Hall–Kier alpha value is -1.75. The molecule has 0 atom stereocenters. The predicted molar refractivity (Wildman–Crippen MR) is 74.4 cm³/mol. The molecule has 1 aromatic rings. The van der Waals surface area contributed by atoms with Crippen LogP contribution in [0.4, 0.5) is 0 Å². The maximum Gasteiger partial charge on any atom is 0.231 e. The topological polar surface area (TPSA) is 73.6 Å². The van der Waals surface area contributed by atoms with Gasteiger partial charge in [-0.15, -0.1) is 0 Å². The molecule has 1 aliphatic heterocycles. The molecule has 0 unspecified atom stereocenters. The Kier molecular flexibility index (Phi) is 3.53. The minimum absolute atomic E-state index is 0.0440. The zero-order valence-electron chi connectivity index (χ0n) is 11.5. The van der Waals surface area contributed by atoms with E-state index in [0.717, 1.165) is 29.9 Å². The fraction of sp³-hybridized carbons (Fsp3) is 0.533. The number of nitrogens with one attached hydrogen (secondary N) is 1. The van der Waals surface area contributed by atoms with Gasteiger partial charge in [-0.3, -0.25) is 4.79 Å². The van der Waals surface area contributed by atoms with Crippen LogP contribution in [0, 0.1) is 5.41 Å². The standard InChI is InChI=1S/C15H20N2O3/c16-9-15(5-2-6-15)7-13(18)17-8-11-3-1-4-12-14(11)20-10-19-12/h1,3-4H,2,5-10,16H2,(H,17,18). The van der Waals surface area contributed by atoms with Gasteiger partial charge in [-0.2, -0.15) is 0 Å². The van der Waals surface area contributed by atoms with E-state index in [0.29, 0.717) is 19.5 Å². The Morgan fingerprint density at radius 3 is 2.90 bits per heavy atom. The van der Waals surface area contributed by atoms with Crippen molar-refractivity contribution < 1.29 is 14.3 Å². The first kappa shape index (κ1) is 13.2. The molecule has 1 aliphatic carbocycles. The summed E-state index contributed by atoms with van der Waals surface area (Å²) in [4.78, 5) is 12.0. The van der Waals surface area contributed by atoms with E-state index >= 15 is 0 Å². The molecule has 3 N–H and O–H groups in total. The Labute approximate surface area is 118 Å². The van der Waals surface area contributed by atoms with Crippen molar-refractivity contribution >= 4 is 5.91 Å². The maximum absolute atomic E-state index is 12.0. The Morgan fingerprint density at radius 1 is 1.35 bits per heavy atom. The molecule has 0 aromatic heterocycles. The quantitative estimate of drug-likeness (QED) is 0.855. The summed E-state index contributed by atoms with van der Waals surface area (Å²) in [7, 11) is 0. The van der Waals surface area contributed by atoms with Gasteiger partial charge in [0.05, 0.1) is 0 Å². The number of amides is 1. The van der Waals surface area contributed by atoms with Crippen molar-refractivity contribution in [2.45, 2.75) is 32.2 Å². The summed E-state index contributed by atoms with van der Waals surface area (Å²) in [5.41, 5.74) is 6.77. The molecule has 1 saturated carbocycles. The van der Waals surface area contributed by atoms with Crippen LogP contribution in [0.25, 0.3) is 0 Å². The van der Waals surface area contributed by atoms with Crippen molar-refractivity contribution in [2.24, 2.45) is 11.1 Å². The van der Waals surface area contributed by atoms with Gasteiger partial charge in [0, 0.05) is 18.5 Å². The molecule has 3 rings (SSSR count). The number of fused-ring (bicyclic) bond motifs is 1. The van der Waals surface area contributed by atoms with Crippen LogP contribution in [0.5, 0.6) is 11.5 Å². The summed E-state index contributed by atoms with van der Waals surface area (Å²) in [6.07, 6.45) is 3.83. The molecule has 5 nitrogen and oxygen atoms in total. The van der Waals surface area contributed by atoms with Crippen molar-refractivity contribution in [3.05, 3.63) is 23.8 Å². The summed E-state index contributed by atoms with van der Waals surface area (Å²) in [6.45, 7) is 1.31. The minimum atomic E-state index is 0.0440. The van der Waals surface area contributed by atoms with Crippen LogP contribution in [-0.2, 0) is 11.3 Å². The molecule has 0 bridgehead atoms. The summed E-state index contributed by atoms with van der Waals surface area (Å²) < 4.78 is 10.7. The fourth-order valence-corrected chi connectivity index (χ4v) is 2.86. The second-order valence-corrected chi connectivity index (χ2v) is 5.66.